The predicted molar refractivity (Wildman–Crippen MR) is 89.1 cm³/mol. The standard InChI is InChI=1S/C18H31NO2/c1-6-20-17-9-7-8-10-18(17)21-12-11-19-13-16(14(2)3)15(4)5/h7-10,14-16,19H,6,11-13H2,1-5H3. The summed E-state index contributed by atoms with van der Waals surface area (Å²) in [4.78, 5) is 0. The third kappa shape index (κ3) is 6.38. The fourth-order valence-corrected chi connectivity index (χ4v) is 2.59. The van der Waals surface area contributed by atoms with E-state index in [9.17, 15) is 0 Å². The van der Waals surface area contributed by atoms with E-state index in [1.807, 2.05) is 31.2 Å². The molecule has 1 aromatic carbocycles. The Morgan fingerprint density at radius 3 is 2.05 bits per heavy atom. The number of rotatable bonds is 10. The SMILES string of the molecule is CCOc1ccccc1OCCNCC(C(C)C)C(C)C. The van der Waals surface area contributed by atoms with E-state index >= 15 is 0 Å². The molecule has 0 unspecified atom stereocenters. The molecule has 0 spiro atoms. The minimum atomic E-state index is 0.656. The van der Waals surface area contributed by atoms with E-state index in [1.54, 1.807) is 0 Å². The number of hydrogen-bond donors (Lipinski definition) is 1. The molecule has 1 aromatic rings. The predicted octanol–water partition coefficient (Wildman–Crippen LogP) is 3.98. The average Bonchev–Trinajstić information content (AvgIpc) is 2.43. The molecule has 0 heterocycles. The Morgan fingerprint density at radius 1 is 0.952 bits per heavy atom. The third-order valence-corrected chi connectivity index (χ3v) is 3.78. The molecule has 120 valence electrons. The van der Waals surface area contributed by atoms with Gasteiger partial charge in [0.2, 0.25) is 0 Å². The van der Waals surface area contributed by atoms with Crippen molar-refractivity contribution in [3.63, 3.8) is 0 Å². The maximum absolute atomic E-state index is 5.80. The molecule has 0 saturated heterocycles. The fraction of sp³-hybridized carbons (Fsp3) is 0.667. The summed E-state index contributed by atoms with van der Waals surface area (Å²) in [5, 5.41) is 3.50. The monoisotopic (exact) mass is 293 g/mol. The van der Waals surface area contributed by atoms with Crippen molar-refractivity contribution in [1.82, 2.24) is 5.32 Å². The van der Waals surface area contributed by atoms with Gasteiger partial charge in [0.25, 0.3) is 0 Å². The van der Waals surface area contributed by atoms with Crippen LogP contribution in [0.15, 0.2) is 24.3 Å². The number of para-hydroxylation sites is 2. The molecule has 0 fully saturated rings. The topological polar surface area (TPSA) is 30.5 Å². The van der Waals surface area contributed by atoms with Gasteiger partial charge in [0.1, 0.15) is 6.61 Å². The molecule has 1 rings (SSSR count). The minimum absolute atomic E-state index is 0.656. The van der Waals surface area contributed by atoms with Gasteiger partial charge in [-0.3, -0.25) is 0 Å². The molecule has 0 bridgehead atoms. The lowest BCUT2D eigenvalue weighted by atomic mass is 9.85. The highest BCUT2D eigenvalue weighted by atomic mass is 16.5. The van der Waals surface area contributed by atoms with Crippen LogP contribution in [0.25, 0.3) is 0 Å². The lowest BCUT2D eigenvalue weighted by molar-refractivity contribution is 0.251. The zero-order valence-electron chi connectivity index (χ0n) is 14.2. The Hall–Kier alpha value is -1.22. The highest BCUT2D eigenvalue weighted by molar-refractivity contribution is 5.39. The van der Waals surface area contributed by atoms with E-state index < -0.39 is 0 Å². The van der Waals surface area contributed by atoms with Crippen molar-refractivity contribution in [3.05, 3.63) is 24.3 Å². The Bertz CT molecular complexity index is 383. The van der Waals surface area contributed by atoms with Gasteiger partial charge in [0, 0.05) is 6.54 Å². The molecular formula is C18H31NO2. The van der Waals surface area contributed by atoms with Crippen LogP contribution in [0.1, 0.15) is 34.6 Å². The van der Waals surface area contributed by atoms with Crippen molar-refractivity contribution >= 4 is 0 Å². The molecule has 0 aromatic heterocycles. The van der Waals surface area contributed by atoms with E-state index in [2.05, 4.69) is 33.0 Å². The van der Waals surface area contributed by atoms with Crippen LogP contribution in [-0.2, 0) is 0 Å². The van der Waals surface area contributed by atoms with E-state index in [0.717, 1.165) is 24.6 Å². The second-order valence-corrected chi connectivity index (χ2v) is 6.08. The van der Waals surface area contributed by atoms with Crippen LogP contribution in [0.4, 0.5) is 0 Å². The zero-order valence-corrected chi connectivity index (χ0v) is 14.2. The van der Waals surface area contributed by atoms with Gasteiger partial charge in [0.15, 0.2) is 11.5 Å². The molecule has 0 aliphatic rings. The van der Waals surface area contributed by atoms with E-state index in [-0.39, 0.29) is 0 Å². The van der Waals surface area contributed by atoms with Crippen LogP contribution in [-0.4, -0.2) is 26.3 Å². The summed E-state index contributed by atoms with van der Waals surface area (Å²) in [5.74, 6) is 3.77. The van der Waals surface area contributed by atoms with E-state index in [1.165, 1.54) is 0 Å². The zero-order chi connectivity index (χ0) is 15.7. The van der Waals surface area contributed by atoms with Crippen molar-refractivity contribution in [2.45, 2.75) is 34.6 Å². The highest BCUT2D eigenvalue weighted by Gasteiger charge is 2.16. The molecule has 0 saturated carbocycles. The van der Waals surface area contributed by atoms with Crippen LogP contribution < -0.4 is 14.8 Å². The molecule has 0 radical (unpaired) electrons. The number of nitrogens with one attached hydrogen (secondary N) is 1. The van der Waals surface area contributed by atoms with Crippen LogP contribution in [0.2, 0.25) is 0 Å². The largest absolute Gasteiger partial charge is 0.490 e. The molecule has 0 atom stereocenters. The summed E-state index contributed by atoms with van der Waals surface area (Å²) in [5.41, 5.74) is 0. The molecule has 3 heteroatoms. The van der Waals surface area contributed by atoms with Gasteiger partial charge in [-0.25, -0.2) is 0 Å². The van der Waals surface area contributed by atoms with Gasteiger partial charge in [-0.2, -0.15) is 0 Å². The Balaban J connectivity index is 2.31. The molecule has 0 aliphatic heterocycles. The molecule has 0 aliphatic carbocycles. The van der Waals surface area contributed by atoms with Gasteiger partial charge in [0.05, 0.1) is 6.61 Å². The molecule has 21 heavy (non-hydrogen) atoms. The lowest BCUT2D eigenvalue weighted by Gasteiger charge is -2.25. The van der Waals surface area contributed by atoms with Gasteiger partial charge in [-0.15, -0.1) is 0 Å². The first-order chi connectivity index (χ1) is 10.1. The summed E-state index contributed by atoms with van der Waals surface area (Å²) >= 11 is 0. The van der Waals surface area contributed by atoms with Crippen molar-refractivity contribution < 1.29 is 9.47 Å². The normalized spacial score (nSPS) is 11.4. The van der Waals surface area contributed by atoms with Crippen LogP contribution >= 0.6 is 0 Å². The summed E-state index contributed by atoms with van der Waals surface area (Å²) in [6, 6.07) is 7.83. The van der Waals surface area contributed by atoms with Crippen molar-refractivity contribution in [2.75, 3.05) is 26.3 Å². The van der Waals surface area contributed by atoms with E-state index in [0.29, 0.717) is 31.0 Å². The van der Waals surface area contributed by atoms with Gasteiger partial charge in [-0.05, 0) is 43.4 Å². The van der Waals surface area contributed by atoms with Gasteiger partial charge >= 0.3 is 0 Å². The molecule has 0 amide bonds. The maximum Gasteiger partial charge on any atom is 0.161 e. The maximum atomic E-state index is 5.80. The minimum Gasteiger partial charge on any atom is -0.490 e. The highest BCUT2D eigenvalue weighted by Crippen LogP contribution is 2.26. The lowest BCUT2D eigenvalue weighted by Crippen LogP contribution is -2.32. The number of benzene rings is 1. The van der Waals surface area contributed by atoms with Crippen molar-refractivity contribution in [2.24, 2.45) is 17.8 Å². The fourth-order valence-electron chi connectivity index (χ4n) is 2.59. The van der Waals surface area contributed by atoms with E-state index in [4.69, 9.17) is 9.47 Å². The molecule has 3 nitrogen and oxygen atoms in total. The average molecular weight is 293 g/mol. The summed E-state index contributed by atoms with van der Waals surface area (Å²) in [7, 11) is 0. The molecular weight excluding hydrogens is 262 g/mol. The number of hydrogen-bond acceptors (Lipinski definition) is 3. The van der Waals surface area contributed by atoms with Gasteiger partial charge in [-0.1, -0.05) is 39.8 Å². The van der Waals surface area contributed by atoms with Gasteiger partial charge < -0.3 is 14.8 Å². The smallest absolute Gasteiger partial charge is 0.161 e. The second kappa shape index (κ2) is 9.67. The Labute approximate surface area is 130 Å². The Morgan fingerprint density at radius 2 is 1.52 bits per heavy atom. The van der Waals surface area contributed by atoms with Crippen molar-refractivity contribution in [1.29, 1.82) is 0 Å². The summed E-state index contributed by atoms with van der Waals surface area (Å²) in [6.07, 6.45) is 0. The van der Waals surface area contributed by atoms with Crippen LogP contribution in [0.3, 0.4) is 0 Å². The number of ether oxygens (including phenoxy) is 2. The third-order valence-electron chi connectivity index (χ3n) is 3.78. The van der Waals surface area contributed by atoms with Crippen molar-refractivity contribution in [3.8, 4) is 11.5 Å². The summed E-state index contributed by atoms with van der Waals surface area (Å²) < 4.78 is 11.4. The first kappa shape index (κ1) is 17.8. The molecule has 1 N–H and O–H groups in total. The quantitative estimate of drug-likeness (QED) is 0.662. The first-order valence-corrected chi connectivity index (χ1v) is 8.11. The van der Waals surface area contributed by atoms with Crippen LogP contribution in [0, 0.1) is 17.8 Å². The Kier molecular flexibility index (Phi) is 8.21. The summed E-state index contributed by atoms with van der Waals surface area (Å²) in [6.45, 7) is 14.4. The first-order valence-electron chi connectivity index (χ1n) is 8.11. The van der Waals surface area contributed by atoms with Crippen LogP contribution in [0.5, 0.6) is 11.5 Å². The second-order valence-electron chi connectivity index (χ2n) is 6.08.